The van der Waals surface area contributed by atoms with Crippen molar-refractivity contribution < 1.29 is 4.42 Å². The summed E-state index contributed by atoms with van der Waals surface area (Å²) in [6, 6.07) is 26.6. The van der Waals surface area contributed by atoms with E-state index in [9.17, 15) is 0 Å². The van der Waals surface area contributed by atoms with Crippen LogP contribution in [0, 0.1) is 0 Å². The van der Waals surface area contributed by atoms with Gasteiger partial charge >= 0.3 is 0 Å². The zero-order chi connectivity index (χ0) is 17.8. The number of furan rings is 1. The number of hydrogen-bond donors (Lipinski definition) is 2. The Morgan fingerprint density at radius 1 is 0.741 bits per heavy atom. The maximum absolute atomic E-state index is 6.25. The van der Waals surface area contributed by atoms with E-state index in [1.807, 2.05) is 54.6 Å². The zero-order valence-electron chi connectivity index (χ0n) is 14.4. The lowest BCUT2D eigenvalue weighted by molar-refractivity contribution is 0.627. The summed E-state index contributed by atoms with van der Waals surface area (Å²) >= 11 is 0. The Morgan fingerprint density at radius 2 is 1.52 bits per heavy atom. The topological polar surface area (TPSA) is 57.6 Å². The third-order valence-corrected chi connectivity index (χ3v) is 5.00. The van der Waals surface area contributed by atoms with Gasteiger partial charge in [-0.3, -0.25) is 0 Å². The van der Waals surface area contributed by atoms with Crippen LogP contribution in [0.15, 0.2) is 83.3 Å². The Balaban J connectivity index is 1.68. The van der Waals surface area contributed by atoms with Gasteiger partial charge in [-0.25, -0.2) is 4.98 Å². The third-order valence-electron chi connectivity index (χ3n) is 5.00. The highest BCUT2D eigenvalue weighted by Gasteiger charge is 2.21. The molecule has 0 unspecified atom stereocenters. The van der Waals surface area contributed by atoms with E-state index in [1.54, 1.807) is 0 Å². The van der Waals surface area contributed by atoms with Crippen molar-refractivity contribution in [3.8, 4) is 22.8 Å². The molecule has 6 aromatic rings. The Kier molecular flexibility index (Phi) is 2.85. The van der Waals surface area contributed by atoms with Crippen molar-refractivity contribution in [2.75, 3.05) is 0 Å². The summed E-state index contributed by atoms with van der Waals surface area (Å²) < 4.78 is 6.25. The minimum Gasteiger partial charge on any atom is -0.452 e. The lowest BCUT2D eigenvalue weighted by Crippen LogP contribution is -1.83. The molecule has 0 atom stereocenters. The number of rotatable bonds is 2. The van der Waals surface area contributed by atoms with E-state index in [0.29, 0.717) is 0 Å². The van der Waals surface area contributed by atoms with Crippen LogP contribution in [0.2, 0.25) is 0 Å². The molecule has 128 valence electrons. The molecule has 6 rings (SSSR count). The van der Waals surface area contributed by atoms with Crippen LogP contribution in [0.25, 0.3) is 55.7 Å². The molecular weight excluding hydrogens is 334 g/mol. The summed E-state index contributed by atoms with van der Waals surface area (Å²) in [5.41, 5.74) is 5.93. The van der Waals surface area contributed by atoms with E-state index < -0.39 is 0 Å². The van der Waals surface area contributed by atoms with Crippen LogP contribution in [-0.4, -0.2) is 15.0 Å². The van der Waals surface area contributed by atoms with Crippen LogP contribution >= 0.6 is 0 Å². The molecule has 3 aromatic carbocycles. The summed E-state index contributed by atoms with van der Waals surface area (Å²) in [7, 11) is 0. The average molecular weight is 349 g/mol. The molecule has 4 nitrogen and oxygen atoms in total. The number of nitrogens with one attached hydrogen (secondary N) is 2. The predicted molar refractivity (Wildman–Crippen MR) is 109 cm³/mol. The molecule has 0 spiro atoms. The second kappa shape index (κ2) is 5.35. The van der Waals surface area contributed by atoms with Gasteiger partial charge in [0, 0.05) is 16.3 Å². The van der Waals surface area contributed by atoms with Crippen LogP contribution in [-0.2, 0) is 0 Å². The van der Waals surface area contributed by atoms with Gasteiger partial charge in [0.1, 0.15) is 5.58 Å². The van der Waals surface area contributed by atoms with Crippen molar-refractivity contribution >= 4 is 32.9 Å². The number of H-pyrrole nitrogens is 2. The Bertz CT molecular complexity index is 1370. The number of aromatic nitrogens is 3. The van der Waals surface area contributed by atoms with E-state index in [2.05, 4.69) is 34.2 Å². The van der Waals surface area contributed by atoms with Crippen LogP contribution in [0.1, 0.15) is 0 Å². The minimum absolute atomic E-state index is 0.737. The van der Waals surface area contributed by atoms with E-state index in [4.69, 9.17) is 9.40 Å². The predicted octanol–water partition coefficient (Wildman–Crippen LogP) is 6.12. The van der Waals surface area contributed by atoms with Gasteiger partial charge in [0.15, 0.2) is 11.6 Å². The van der Waals surface area contributed by atoms with Gasteiger partial charge in [-0.05, 0) is 30.3 Å². The van der Waals surface area contributed by atoms with Crippen LogP contribution in [0.3, 0.4) is 0 Å². The zero-order valence-corrected chi connectivity index (χ0v) is 14.4. The van der Waals surface area contributed by atoms with E-state index >= 15 is 0 Å². The van der Waals surface area contributed by atoms with E-state index in [-0.39, 0.29) is 0 Å². The molecule has 27 heavy (non-hydrogen) atoms. The number of nitrogens with zero attached hydrogens (tertiary/aromatic N) is 1. The highest BCUT2D eigenvalue weighted by atomic mass is 16.3. The first-order chi connectivity index (χ1) is 13.4. The summed E-state index contributed by atoms with van der Waals surface area (Å²) in [5.74, 6) is 1.49. The van der Waals surface area contributed by atoms with Crippen LogP contribution in [0.4, 0.5) is 0 Å². The first-order valence-electron chi connectivity index (χ1n) is 8.91. The largest absolute Gasteiger partial charge is 0.452 e. The van der Waals surface area contributed by atoms with Gasteiger partial charge in [0.2, 0.25) is 0 Å². The van der Waals surface area contributed by atoms with Crippen molar-refractivity contribution in [1.82, 2.24) is 15.0 Å². The lowest BCUT2D eigenvalue weighted by atomic mass is 10.1. The molecule has 0 radical (unpaired) electrons. The molecule has 0 bridgehead atoms. The van der Waals surface area contributed by atoms with Crippen molar-refractivity contribution in [3.63, 3.8) is 0 Å². The molecule has 0 fully saturated rings. The molecule has 0 saturated carbocycles. The molecule has 0 amide bonds. The summed E-state index contributed by atoms with van der Waals surface area (Å²) in [6.45, 7) is 0. The number of imidazole rings is 1. The van der Waals surface area contributed by atoms with Crippen molar-refractivity contribution in [2.45, 2.75) is 0 Å². The molecule has 4 heteroatoms. The van der Waals surface area contributed by atoms with Crippen molar-refractivity contribution in [3.05, 3.63) is 78.9 Å². The van der Waals surface area contributed by atoms with Gasteiger partial charge in [-0.1, -0.05) is 48.5 Å². The molecule has 2 N–H and O–H groups in total. The van der Waals surface area contributed by atoms with Crippen molar-refractivity contribution in [2.24, 2.45) is 0 Å². The number of benzene rings is 3. The minimum atomic E-state index is 0.737. The molecule has 0 aliphatic heterocycles. The third kappa shape index (κ3) is 2.13. The van der Waals surface area contributed by atoms with Gasteiger partial charge in [0.05, 0.1) is 22.3 Å². The molecule has 0 aliphatic carbocycles. The Labute approximate surface area is 154 Å². The maximum atomic E-state index is 6.25. The summed E-state index contributed by atoms with van der Waals surface area (Å²) in [4.78, 5) is 11.7. The van der Waals surface area contributed by atoms with E-state index in [0.717, 1.165) is 50.4 Å². The quantitative estimate of drug-likeness (QED) is 0.395. The Morgan fingerprint density at radius 3 is 2.41 bits per heavy atom. The van der Waals surface area contributed by atoms with Crippen LogP contribution in [0.5, 0.6) is 0 Å². The smallest absolute Gasteiger partial charge is 0.180 e. The normalized spacial score (nSPS) is 11.7. The van der Waals surface area contributed by atoms with Gasteiger partial charge < -0.3 is 14.4 Å². The number of para-hydroxylation sites is 4. The van der Waals surface area contributed by atoms with Gasteiger partial charge in [-0.15, -0.1) is 0 Å². The maximum Gasteiger partial charge on any atom is 0.180 e. The van der Waals surface area contributed by atoms with E-state index in [1.165, 1.54) is 5.39 Å². The standard InChI is InChI=1S/C23H15N3O/c1-3-9-16-14(7-1)13-19(24-16)21-15-8-2-6-12-20(15)27-22(21)23-25-17-10-4-5-11-18(17)26-23/h1-13,24H,(H,25,26). The fraction of sp³-hybridized carbons (Fsp3) is 0. The first kappa shape index (κ1) is 14.4. The summed E-state index contributed by atoms with van der Waals surface area (Å²) in [5, 5.41) is 2.24. The van der Waals surface area contributed by atoms with Gasteiger partial charge in [0.25, 0.3) is 0 Å². The highest BCUT2D eigenvalue weighted by molar-refractivity contribution is 6.03. The van der Waals surface area contributed by atoms with Crippen molar-refractivity contribution in [1.29, 1.82) is 0 Å². The monoisotopic (exact) mass is 349 g/mol. The SMILES string of the molecule is c1ccc2[nH]c(-c3c(-c4nc5ccccc5[nH]4)oc4ccccc34)cc2c1. The second-order valence-corrected chi connectivity index (χ2v) is 6.68. The van der Waals surface area contributed by atoms with Gasteiger partial charge in [-0.2, -0.15) is 0 Å². The first-order valence-corrected chi connectivity index (χ1v) is 8.91. The molecular formula is C23H15N3O. The fourth-order valence-electron chi connectivity index (χ4n) is 3.75. The highest BCUT2D eigenvalue weighted by Crippen LogP contribution is 2.40. The fourth-order valence-corrected chi connectivity index (χ4v) is 3.75. The Hall–Kier alpha value is -3.79. The number of hydrogen-bond acceptors (Lipinski definition) is 2. The summed E-state index contributed by atoms with van der Waals surface area (Å²) in [6.07, 6.45) is 0. The number of aromatic amines is 2. The number of fused-ring (bicyclic) bond motifs is 3. The average Bonchev–Trinajstić information content (AvgIpc) is 3.40. The molecule has 0 aliphatic rings. The molecule has 3 aromatic heterocycles. The van der Waals surface area contributed by atoms with Crippen LogP contribution < -0.4 is 0 Å². The molecule has 3 heterocycles. The second-order valence-electron chi connectivity index (χ2n) is 6.68. The lowest BCUT2D eigenvalue weighted by Gasteiger charge is -1.98. The molecule has 0 saturated heterocycles.